The van der Waals surface area contributed by atoms with E-state index in [2.05, 4.69) is 25.7 Å². The van der Waals surface area contributed by atoms with Crippen molar-refractivity contribution < 1.29 is 4.79 Å². The summed E-state index contributed by atoms with van der Waals surface area (Å²) in [6, 6.07) is 0. The van der Waals surface area contributed by atoms with Gasteiger partial charge in [-0.05, 0) is 46.2 Å². The number of likely N-dealkylation sites (N-methyl/N-ethyl adjacent to an activating group) is 1. The van der Waals surface area contributed by atoms with Crippen LogP contribution in [0.15, 0.2) is 0 Å². The average Bonchev–Trinajstić information content (AvgIpc) is 2.26. The molecule has 0 amide bonds. The molecular formula is C14H27NO. The van der Waals surface area contributed by atoms with E-state index in [0.717, 1.165) is 25.2 Å². The van der Waals surface area contributed by atoms with Gasteiger partial charge < -0.3 is 0 Å². The fourth-order valence-corrected chi connectivity index (χ4v) is 2.82. The molecule has 1 saturated carbocycles. The van der Waals surface area contributed by atoms with Crippen LogP contribution in [0.1, 0.15) is 52.9 Å². The summed E-state index contributed by atoms with van der Waals surface area (Å²) in [7, 11) is 4.04. The zero-order valence-electron chi connectivity index (χ0n) is 11.5. The molecule has 0 aromatic heterocycles. The van der Waals surface area contributed by atoms with Crippen LogP contribution in [-0.2, 0) is 4.79 Å². The number of carbonyl (C=O) groups excluding carboxylic acids is 1. The van der Waals surface area contributed by atoms with E-state index in [4.69, 9.17) is 0 Å². The molecule has 0 spiro atoms. The molecule has 0 saturated heterocycles. The molecule has 3 atom stereocenters. The minimum Gasteiger partial charge on any atom is -0.297 e. The van der Waals surface area contributed by atoms with Crippen LogP contribution in [0.25, 0.3) is 0 Å². The van der Waals surface area contributed by atoms with Crippen LogP contribution in [0.2, 0.25) is 0 Å². The van der Waals surface area contributed by atoms with Crippen molar-refractivity contribution in [1.29, 1.82) is 0 Å². The molecule has 0 aromatic carbocycles. The first-order valence-electron chi connectivity index (χ1n) is 6.63. The summed E-state index contributed by atoms with van der Waals surface area (Å²) in [4.78, 5) is 14.7. The number of hydrogen-bond acceptors (Lipinski definition) is 2. The SMILES string of the molecule is CCC(C)(C(=O)C1CCCC(C)C1)N(C)C. The Morgan fingerprint density at radius 2 is 2.00 bits per heavy atom. The number of carbonyl (C=O) groups is 1. The van der Waals surface area contributed by atoms with Gasteiger partial charge in [0.05, 0.1) is 5.54 Å². The van der Waals surface area contributed by atoms with Gasteiger partial charge in [-0.15, -0.1) is 0 Å². The molecule has 2 nitrogen and oxygen atoms in total. The van der Waals surface area contributed by atoms with Gasteiger partial charge in [-0.3, -0.25) is 9.69 Å². The predicted octanol–water partition coefficient (Wildman–Crippen LogP) is 3.11. The lowest BCUT2D eigenvalue weighted by atomic mass is 9.74. The second kappa shape index (κ2) is 5.31. The van der Waals surface area contributed by atoms with E-state index in [1.165, 1.54) is 12.8 Å². The number of nitrogens with zero attached hydrogens (tertiary/aromatic N) is 1. The molecule has 0 N–H and O–H groups in total. The number of ketones is 1. The van der Waals surface area contributed by atoms with Gasteiger partial charge in [-0.25, -0.2) is 0 Å². The quantitative estimate of drug-likeness (QED) is 0.732. The van der Waals surface area contributed by atoms with Crippen molar-refractivity contribution in [1.82, 2.24) is 4.90 Å². The van der Waals surface area contributed by atoms with Crippen molar-refractivity contribution in [3.8, 4) is 0 Å². The summed E-state index contributed by atoms with van der Waals surface area (Å²) in [6.45, 7) is 6.48. The number of hydrogen-bond donors (Lipinski definition) is 0. The minimum atomic E-state index is -0.262. The molecule has 1 aliphatic carbocycles. The highest BCUT2D eigenvalue weighted by Gasteiger charge is 2.39. The molecule has 1 fully saturated rings. The van der Waals surface area contributed by atoms with Gasteiger partial charge in [0.25, 0.3) is 0 Å². The Morgan fingerprint density at radius 1 is 1.38 bits per heavy atom. The van der Waals surface area contributed by atoms with Crippen molar-refractivity contribution in [2.24, 2.45) is 11.8 Å². The van der Waals surface area contributed by atoms with Gasteiger partial charge in [0, 0.05) is 5.92 Å². The Hall–Kier alpha value is -0.370. The largest absolute Gasteiger partial charge is 0.297 e. The molecule has 0 heterocycles. The third-order valence-corrected chi connectivity index (χ3v) is 4.51. The van der Waals surface area contributed by atoms with Crippen LogP contribution >= 0.6 is 0 Å². The molecule has 0 bridgehead atoms. The van der Waals surface area contributed by atoms with Crippen LogP contribution in [-0.4, -0.2) is 30.3 Å². The Labute approximate surface area is 100 Å². The van der Waals surface area contributed by atoms with Crippen molar-refractivity contribution >= 4 is 5.78 Å². The summed E-state index contributed by atoms with van der Waals surface area (Å²) in [5.74, 6) is 1.49. The monoisotopic (exact) mass is 225 g/mol. The Bertz CT molecular complexity index is 249. The van der Waals surface area contributed by atoms with Gasteiger partial charge in [0.15, 0.2) is 5.78 Å². The maximum Gasteiger partial charge on any atom is 0.155 e. The Balaban J connectivity index is 2.75. The molecule has 0 aromatic rings. The minimum absolute atomic E-state index is 0.262. The third kappa shape index (κ3) is 2.65. The van der Waals surface area contributed by atoms with E-state index in [-0.39, 0.29) is 5.54 Å². The standard InChI is InChI=1S/C14H27NO/c1-6-14(3,15(4)5)13(16)12-9-7-8-11(2)10-12/h11-12H,6-10H2,1-5H3. The average molecular weight is 225 g/mol. The lowest BCUT2D eigenvalue weighted by molar-refractivity contribution is -0.134. The summed E-state index contributed by atoms with van der Waals surface area (Å²) >= 11 is 0. The highest BCUT2D eigenvalue weighted by molar-refractivity contribution is 5.90. The molecule has 1 aliphatic rings. The lowest BCUT2D eigenvalue weighted by Gasteiger charge is -2.38. The van der Waals surface area contributed by atoms with E-state index in [1.807, 2.05) is 14.1 Å². The van der Waals surface area contributed by atoms with Crippen molar-refractivity contribution in [3.63, 3.8) is 0 Å². The van der Waals surface area contributed by atoms with Crippen LogP contribution in [0, 0.1) is 11.8 Å². The predicted molar refractivity (Wildman–Crippen MR) is 68.5 cm³/mol. The summed E-state index contributed by atoms with van der Waals surface area (Å²) in [6.07, 6.45) is 5.64. The van der Waals surface area contributed by atoms with Gasteiger partial charge in [0.1, 0.15) is 0 Å². The summed E-state index contributed by atoms with van der Waals surface area (Å²) in [5, 5.41) is 0. The van der Waals surface area contributed by atoms with Gasteiger partial charge in [-0.1, -0.05) is 26.7 Å². The second-order valence-corrected chi connectivity index (χ2v) is 5.85. The first-order valence-corrected chi connectivity index (χ1v) is 6.63. The third-order valence-electron chi connectivity index (χ3n) is 4.51. The zero-order valence-corrected chi connectivity index (χ0v) is 11.5. The van der Waals surface area contributed by atoms with Gasteiger partial charge >= 0.3 is 0 Å². The lowest BCUT2D eigenvalue weighted by Crippen LogP contribution is -2.51. The molecule has 1 rings (SSSR count). The summed E-state index contributed by atoms with van der Waals surface area (Å²) < 4.78 is 0. The topological polar surface area (TPSA) is 20.3 Å². The number of Topliss-reactive ketones (excluding diaryl/α,β-unsaturated/α-hetero) is 1. The van der Waals surface area contributed by atoms with Crippen LogP contribution in [0.4, 0.5) is 0 Å². The maximum absolute atomic E-state index is 12.6. The molecule has 16 heavy (non-hydrogen) atoms. The van der Waals surface area contributed by atoms with Crippen LogP contribution in [0.5, 0.6) is 0 Å². The van der Waals surface area contributed by atoms with Crippen molar-refractivity contribution in [2.75, 3.05) is 14.1 Å². The van der Waals surface area contributed by atoms with Crippen molar-refractivity contribution in [3.05, 3.63) is 0 Å². The maximum atomic E-state index is 12.6. The van der Waals surface area contributed by atoms with Crippen LogP contribution in [0.3, 0.4) is 0 Å². The Morgan fingerprint density at radius 3 is 2.44 bits per heavy atom. The normalized spacial score (nSPS) is 30.1. The molecule has 94 valence electrons. The van der Waals surface area contributed by atoms with E-state index in [9.17, 15) is 4.79 Å². The van der Waals surface area contributed by atoms with E-state index in [1.54, 1.807) is 0 Å². The Kier molecular flexibility index (Phi) is 4.54. The molecule has 0 radical (unpaired) electrons. The van der Waals surface area contributed by atoms with Crippen LogP contribution < -0.4 is 0 Å². The molecule has 3 unspecified atom stereocenters. The fraction of sp³-hybridized carbons (Fsp3) is 0.929. The zero-order chi connectivity index (χ0) is 12.3. The first kappa shape index (κ1) is 13.7. The highest BCUT2D eigenvalue weighted by atomic mass is 16.1. The highest BCUT2D eigenvalue weighted by Crippen LogP contribution is 2.33. The molecule has 0 aliphatic heterocycles. The van der Waals surface area contributed by atoms with Crippen molar-refractivity contribution in [2.45, 2.75) is 58.4 Å². The van der Waals surface area contributed by atoms with E-state index < -0.39 is 0 Å². The molecule has 2 heteroatoms. The van der Waals surface area contributed by atoms with Gasteiger partial charge in [0.2, 0.25) is 0 Å². The van der Waals surface area contributed by atoms with E-state index >= 15 is 0 Å². The summed E-state index contributed by atoms with van der Waals surface area (Å²) in [5.41, 5.74) is -0.262. The second-order valence-electron chi connectivity index (χ2n) is 5.85. The first-order chi connectivity index (χ1) is 7.41. The smallest absolute Gasteiger partial charge is 0.155 e. The molecular weight excluding hydrogens is 198 g/mol. The number of rotatable bonds is 4. The van der Waals surface area contributed by atoms with E-state index in [0.29, 0.717) is 11.7 Å². The fourth-order valence-electron chi connectivity index (χ4n) is 2.82. The van der Waals surface area contributed by atoms with Gasteiger partial charge in [-0.2, -0.15) is 0 Å².